The van der Waals surface area contributed by atoms with Gasteiger partial charge in [-0.05, 0) is 66.7 Å². The number of nitrogens with one attached hydrogen (secondary N) is 3. The summed E-state index contributed by atoms with van der Waals surface area (Å²) in [6.07, 6.45) is 6.14. The van der Waals surface area contributed by atoms with E-state index in [0.717, 1.165) is 80.8 Å². The smallest absolute Gasteiger partial charge is 0.207 e. The van der Waals surface area contributed by atoms with E-state index in [0.29, 0.717) is 38.1 Å². The summed E-state index contributed by atoms with van der Waals surface area (Å²) in [6.45, 7) is 11.2. The number of hydrogen-bond donors (Lipinski definition) is 3. The van der Waals surface area contributed by atoms with Crippen LogP contribution in [0, 0.1) is 11.2 Å². The molecule has 0 saturated carbocycles. The predicted octanol–water partition coefficient (Wildman–Crippen LogP) is 4.81. The largest absolute Gasteiger partial charge is 0.496 e. The van der Waals surface area contributed by atoms with Gasteiger partial charge in [-0.25, -0.2) is 4.39 Å². The zero-order chi connectivity index (χ0) is 30.4. The van der Waals surface area contributed by atoms with Crippen molar-refractivity contribution in [3.05, 3.63) is 53.3 Å². The first-order chi connectivity index (χ1) is 20.2. The van der Waals surface area contributed by atoms with Gasteiger partial charge in [0.2, 0.25) is 12.8 Å². The number of hydrogen-bond acceptors (Lipinski definition) is 6. The van der Waals surface area contributed by atoms with Crippen molar-refractivity contribution in [3.63, 3.8) is 0 Å². The van der Waals surface area contributed by atoms with Crippen molar-refractivity contribution < 1.29 is 23.5 Å². The number of halogens is 1. The molecule has 1 saturated heterocycles. The lowest BCUT2D eigenvalue weighted by Gasteiger charge is -2.30. The minimum absolute atomic E-state index is 0.197. The number of methoxy groups -OCH3 is 1. The van der Waals surface area contributed by atoms with E-state index in [9.17, 15) is 14.0 Å². The Morgan fingerprint density at radius 2 is 1.69 bits per heavy atom. The van der Waals surface area contributed by atoms with E-state index in [2.05, 4.69) is 53.8 Å². The Balaban J connectivity index is 1.77. The van der Waals surface area contributed by atoms with Crippen LogP contribution in [-0.4, -0.2) is 65.3 Å². The van der Waals surface area contributed by atoms with E-state index in [1.807, 2.05) is 12.1 Å². The molecule has 2 aromatic carbocycles. The quantitative estimate of drug-likeness (QED) is 0.172. The second-order valence-electron chi connectivity index (χ2n) is 12.3. The second kappa shape index (κ2) is 16.9. The maximum atomic E-state index is 14.6. The van der Waals surface area contributed by atoms with Crippen molar-refractivity contribution in [2.24, 2.45) is 5.41 Å². The molecule has 2 aromatic rings. The molecule has 3 rings (SSSR count). The molecule has 8 nitrogen and oxygen atoms in total. The maximum absolute atomic E-state index is 14.6. The van der Waals surface area contributed by atoms with Crippen molar-refractivity contribution in [3.8, 4) is 11.5 Å². The molecule has 232 valence electrons. The van der Waals surface area contributed by atoms with Crippen molar-refractivity contribution in [2.75, 3.05) is 51.3 Å². The van der Waals surface area contributed by atoms with Gasteiger partial charge in [-0.3, -0.25) is 9.59 Å². The normalized spacial score (nSPS) is 15.0. The lowest BCUT2D eigenvalue weighted by molar-refractivity contribution is -0.110. The lowest BCUT2D eigenvalue weighted by Crippen LogP contribution is -2.43. The summed E-state index contributed by atoms with van der Waals surface area (Å²) in [5, 5.41) is 8.87. The van der Waals surface area contributed by atoms with E-state index in [4.69, 9.17) is 9.47 Å². The first-order valence-corrected chi connectivity index (χ1v) is 15.2. The number of amides is 2. The standard InChI is InChI=1S/C33H49FN4O4/c1-33(2,3)12-9-26(10-13-36-23-39)31-19-25(6-8-32(31)41-4)5-7-29(11-14-37-24-40)42-30-21-27(34)20-28(22-30)38-17-15-35-16-18-38/h6,8,19-24,26,29,35H,5,7,9-18H2,1-4H3,(H,36,39)(H,37,40). The molecule has 1 fully saturated rings. The molecule has 3 N–H and O–H groups in total. The summed E-state index contributed by atoms with van der Waals surface area (Å²) < 4.78 is 26.7. The van der Waals surface area contributed by atoms with Gasteiger partial charge in [-0.15, -0.1) is 0 Å². The van der Waals surface area contributed by atoms with Gasteiger partial charge in [0.1, 0.15) is 23.4 Å². The van der Waals surface area contributed by atoms with E-state index >= 15 is 0 Å². The SMILES string of the molecule is COc1ccc(CCC(CCNC=O)Oc2cc(F)cc(N3CCNCC3)c2)cc1C(CCNC=O)CCC(C)(C)C. The number of carbonyl (C=O) groups is 2. The first kappa shape index (κ1) is 33.2. The van der Waals surface area contributed by atoms with Crippen molar-refractivity contribution in [2.45, 2.75) is 71.3 Å². The fourth-order valence-corrected chi connectivity index (χ4v) is 5.44. The zero-order valence-corrected chi connectivity index (χ0v) is 25.7. The molecule has 1 heterocycles. The number of anilines is 1. The van der Waals surface area contributed by atoms with Gasteiger partial charge >= 0.3 is 0 Å². The predicted molar refractivity (Wildman–Crippen MR) is 166 cm³/mol. The minimum atomic E-state index is -0.323. The van der Waals surface area contributed by atoms with Crippen LogP contribution in [0.5, 0.6) is 11.5 Å². The van der Waals surface area contributed by atoms with Gasteiger partial charge in [-0.1, -0.05) is 32.9 Å². The molecule has 1 aliphatic rings. The first-order valence-electron chi connectivity index (χ1n) is 15.2. The Kier molecular flexibility index (Phi) is 13.4. The van der Waals surface area contributed by atoms with E-state index in [1.165, 1.54) is 6.07 Å². The maximum Gasteiger partial charge on any atom is 0.207 e. The minimum Gasteiger partial charge on any atom is -0.496 e. The molecule has 2 unspecified atom stereocenters. The van der Waals surface area contributed by atoms with Crippen LogP contribution >= 0.6 is 0 Å². The van der Waals surface area contributed by atoms with E-state index in [-0.39, 0.29) is 23.3 Å². The zero-order valence-electron chi connectivity index (χ0n) is 25.7. The van der Waals surface area contributed by atoms with Crippen LogP contribution < -0.4 is 30.3 Å². The van der Waals surface area contributed by atoms with Crippen LogP contribution in [0.1, 0.15) is 69.9 Å². The van der Waals surface area contributed by atoms with Crippen molar-refractivity contribution in [1.82, 2.24) is 16.0 Å². The van der Waals surface area contributed by atoms with Gasteiger partial charge < -0.3 is 30.3 Å². The molecule has 9 heteroatoms. The average Bonchev–Trinajstić information content (AvgIpc) is 2.97. The number of benzene rings is 2. The summed E-state index contributed by atoms with van der Waals surface area (Å²) in [6, 6.07) is 11.2. The Bertz CT molecular complexity index is 1120. The Hall–Kier alpha value is -3.33. The molecule has 42 heavy (non-hydrogen) atoms. The van der Waals surface area contributed by atoms with Crippen LogP contribution in [-0.2, 0) is 16.0 Å². The monoisotopic (exact) mass is 584 g/mol. The van der Waals surface area contributed by atoms with Crippen molar-refractivity contribution >= 4 is 18.5 Å². The van der Waals surface area contributed by atoms with Crippen molar-refractivity contribution in [1.29, 1.82) is 0 Å². The van der Waals surface area contributed by atoms with E-state index < -0.39 is 0 Å². The van der Waals surface area contributed by atoms with Gasteiger partial charge in [0.15, 0.2) is 0 Å². The number of piperazine rings is 1. The summed E-state index contributed by atoms with van der Waals surface area (Å²) in [4.78, 5) is 24.0. The summed E-state index contributed by atoms with van der Waals surface area (Å²) in [5.74, 6) is 1.27. The number of aryl methyl sites for hydroxylation is 1. The number of carbonyl (C=O) groups excluding carboxylic acids is 2. The number of nitrogens with zero attached hydrogens (tertiary/aromatic N) is 1. The molecule has 0 bridgehead atoms. The van der Waals surface area contributed by atoms with Crippen LogP contribution in [0.4, 0.5) is 10.1 Å². The Labute approximate surface area is 250 Å². The molecule has 0 spiro atoms. The van der Waals surface area contributed by atoms with Gasteiger partial charge in [-0.2, -0.15) is 0 Å². The highest BCUT2D eigenvalue weighted by atomic mass is 19.1. The molecule has 0 radical (unpaired) electrons. The molecule has 1 aliphatic heterocycles. The second-order valence-corrected chi connectivity index (χ2v) is 12.3. The fraction of sp³-hybridized carbons (Fsp3) is 0.576. The highest BCUT2D eigenvalue weighted by Crippen LogP contribution is 2.36. The fourth-order valence-electron chi connectivity index (χ4n) is 5.44. The van der Waals surface area contributed by atoms with Crippen LogP contribution in [0.15, 0.2) is 36.4 Å². The third-order valence-electron chi connectivity index (χ3n) is 7.79. The molecule has 2 atom stereocenters. The molecule has 2 amide bonds. The topological polar surface area (TPSA) is 91.9 Å². The molecular formula is C33H49FN4O4. The third kappa shape index (κ3) is 11.2. The van der Waals surface area contributed by atoms with Crippen LogP contribution in [0.2, 0.25) is 0 Å². The Morgan fingerprint density at radius 1 is 0.976 bits per heavy atom. The van der Waals surface area contributed by atoms with Gasteiger partial charge in [0, 0.05) is 63.5 Å². The molecule has 0 aliphatic carbocycles. The summed E-state index contributed by atoms with van der Waals surface area (Å²) in [7, 11) is 1.69. The van der Waals surface area contributed by atoms with E-state index in [1.54, 1.807) is 13.2 Å². The lowest BCUT2D eigenvalue weighted by atomic mass is 9.82. The number of ether oxygens (including phenoxy) is 2. The highest BCUT2D eigenvalue weighted by Gasteiger charge is 2.21. The summed E-state index contributed by atoms with van der Waals surface area (Å²) >= 11 is 0. The summed E-state index contributed by atoms with van der Waals surface area (Å²) in [5.41, 5.74) is 3.33. The molecular weight excluding hydrogens is 535 g/mol. The van der Waals surface area contributed by atoms with Gasteiger partial charge in [0.05, 0.1) is 7.11 Å². The highest BCUT2D eigenvalue weighted by molar-refractivity contribution is 5.52. The molecule has 0 aromatic heterocycles. The third-order valence-corrected chi connectivity index (χ3v) is 7.79. The average molecular weight is 585 g/mol. The number of rotatable bonds is 18. The Morgan fingerprint density at radius 3 is 2.36 bits per heavy atom. The van der Waals surface area contributed by atoms with Gasteiger partial charge in [0.25, 0.3) is 0 Å². The van der Waals surface area contributed by atoms with Crippen LogP contribution in [0.25, 0.3) is 0 Å². The van der Waals surface area contributed by atoms with Crippen LogP contribution in [0.3, 0.4) is 0 Å².